The molecule has 0 amide bonds. The van der Waals surface area contributed by atoms with Crippen LogP contribution in [-0.4, -0.2) is 51.5 Å². The van der Waals surface area contributed by atoms with E-state index in [4.69, 9.17) is 9.31 Å². The van der Waals surface area contributed by atoms with Gasteiger partial charge in [0.1, 0.15) is 10.6 Å². The minimum Gasteiger partial charge on any atom is -0.404 e. The molecule has 1 aliphatic rings. The normalized spacial score (nSPS) is 19.8. The molecule has 1 saturated heterocycles. The number of alkyl halides is 3. The topological polar surface area (TPSA) is 65.1 Å². The molecule has 0 aliphatic carbocycles. The predicted molar refractivity (Wildman–Crippen MR) is 89.7 cm³/mol. The molecule has 0 unspecified atom stereocenters. The highest BCUT2D eigenvalue weighted by atomic mass is 32.2. The second-order valence-corrected chi connectivity index (χ2v) is 9.25. The van der Waals surface area contributed by atoms with Gasteiger partial charge in [0.25, 0.3) is 0 Å². The highest BCUT2D eigenvalue weighted by Gasteiger charge is 2.52. The third-order valence-electron chi connectivity index (χ3n) is 4.48. The fraction of sp³-hybridized carbons (Fsp3) is 0.600. The number of rotatable bonds is 4. The molecule has 146 valence electrons. The lowest BCUT2D eigenvalue weighted by molar-refractivity contribution is -0.275. The van der Waals surface area contributed by atoms with Crippen LogP contribution in [0.3, 0.4) is 0 Å². The maximum Gasteiger partial charge on any atom is 0.573 e. The van der Waals surface area contributed by atoms with Gasteiger partial charge in [0.05, 0.1) is 11.2 Å². The van der Waals surface area contributed by atoms with Gasteiger partial charge < -0.3 is 14.0 Å². The Balaban J connectivity index is 2.51. The highest BCUT2D eigenvalue weighted by molar-refractivity contribution is 7.89. The van der Waals surface area contributed by atoms with Gasteiger partial charge in [0.2, 0.25) is 10.0 Å². The number of benzene rings is 1. The second kappa shape index (κ2) is 6.40. The average Bonchev–Trinajstić information content (AvgIpc) is 2.65. The van der Waals surface area contributed by atoms with E-state index >= 15 is 0 Å². The van der Waals surface area contributed by atoms with Gasteiger partial charge in [-0.15, -0.1) is 13.2 Å². The number of hydrogen-bond acceptors (Lipinski definition) is 5. The molecular weight excluding hydrogens is 374 g/mol. The van der Waals surface area contributed by atoms with Crippen molar-refractivity contribution in [2.75, 3.05) is 14.1 Å². The summed E-state index contributed by atoms with van der Waals surface area (Å²) in [5, 5.41) is 0. The summed E-state index contributed by atoms with van der Waals surface area (Å²) in [4.78, 5) is -0.597. The van der Waals surface area contributed by atoms with Gasteiger partial charge in [0.15, 0.2) is 0 Å². The van der Waals surface area contributed by atoms with Crippen LogP contribution in [0.5, 0.6) is 5.75 Å². The van der Waals surface area contributed by atoms with Crippen molar-refractivity contribution in [3.05, 3.63) is 18.2 Å². The quantitative estimate of drug-likeness (QED) is 0.731. The van der Waals surface area contributed by atoms with Crippen molar-refractivity contribution >= 4 is 22.6 Å². The first-order valence-electron chi connectivity index (χ1n) is 7.75. The van der Waals surface area contributed by atoms with Crippen LogP contribution in [0.2, 0.25) is 0 Å². The van der Waals surface area contributed by atoms with Crippen molar-refractivity contribution in [1.82, 2.24) is 4.31 Å². The molecule has 6 nitrogen and oxygen atoms in total. The largest absolute Gasteiger partial charge is 0.573 e. The molecule has 11 heteroatoms. The van der Waals surface area contributed by atoms with Gasteiger partial charge in [-0.25, -0.2) is 12.7 Å². The Morgan fingerprint density at radius 1 is 1.08 bits per heavy atom. The molecule has 1 aromatic carbocycles. The van der Waals surface area contributed by atoms with Gasteiger partial charge in [-0.05, 0) is 45.3 Å². The molecular formula is C15H21BF3NO5S. The molecule has 0 spiro atoms. The van der Waals surface area contributed by atoms with Crippen LogP contribution in [0.25, 0.3) is 0 Å². The van der Waals surface area contributed by atoms with E-state index in [1.165, 1.54) is 20.2 Å². The van der Waals surface area contributed by atoms with Crippen LogP contribution in [-0.2, 0) is 19.3 Å². The zero-order valence-electron chi connectivity index (χ0n) is 15.3. The number of nitrogens with zero attached hydrogens (tertiary/aromatic N) is 1. The van der Waals surface area contributed by atoms with E-state index in [0.717, 1.165) is 16.4 Å². The Kier molecular flexibility index (Phi) is 5.17. The summed E-state index contributed by atoms with van der Waals surface area (Å²) in [6.45, 7) is 7.19. The predicted octanol–water partition coefficient (Wildman–Crippen LogP) is 2.13. The van der Waals surface area contributed by atoms with E-state index in [1.807, 2.05) is 0 Å². The molecule has 0 bridgehead atoms. The number of hydrogen-bond donors (Lipinski definition) is 0. The summed E-state index contributed by atoms with van der Waals surface area (Å²) in [6.07, 6.45) is -5.05. The van der Waals surface area contributed by atoms with Crippen molar-refractivity contribution in [1.29, 1.82) is 0 Å². The molecule has 1 heterocycles. The van der Waals surface area contributed by atoms with Gasteiger partial charge in [0, 0.05) is 14.1 Å². The molecule has 0 aromatic heterocycles. The van der Waals surface area contributed by atoms with E-state index in [1.54, 1.807) is 27.7 Å². The van der Waals surface area contributed by atoms with Crippen LogP contribution in [0.4, 0.5) is 13.2 Å². The van der Waals surface area contributed by atoms with Gasteiger partial charge >= 0.3 is 13.5 Å². The lowest BCUT2D eigenvalue weighted by atomic mass is 9.79. The third kappa shape index (κ3) is 4.00. The van der Waals surface area contributed by atoms with Crippen LogP contribution in [0.15, 0.2) is 23.1 Å². The van der Waals surface area contributed by atoms with Crippen LogP contribution >= 0.6 is 0 Å². The Morgan fingerprint density at radius 2 is 1.58 bits per heavy atom. The zero-order valence-corrected chi connectivity index (χ0v) is 16.2. The maximum absolute atomic E-state index is 12.8. The summed E-state index contributed by atoms with van der Waals surface area (Å²) in [6, 6.07) is 3.38. The molecule has 1 fully saturated rings. The summed E-state index contributed by atoms with van der Waals surface area (Å²) in [5.74, 6) is -0.835. The zero-order chi connectivity index (χ0) is 20.1. The first-order chi connectivity index (χ1) is 11.6. The van der Waals surface area contributed by atoms with Crippen molar-refractivity contribution in [3.63, 3.8) is 0 Å². The summed E-state index contributed by atoms with van der Waals surface area (Å²) >= 11 is 0. The summed E-state index contributed by atoms with van der Waals surface area (Å²) < 4.78 is 79.2. The molecule has 2 rings (SSSR count). The van der Waals surface area contributed by atoms with Crippen LogP contribution in [0.1, 0.15) is 27.7 Å². The Hall–Kier alpha value is -1.30. The molecule has 0 atom stereocenters. The smallest absolute Gasteiger partial charge is 0.404 e. The Labute approximate surface area is 151 Å². The molecule has 0 radical (unpaired) electrons. The molecule has 1 aromatic rings. The lowest BCUT2D eigenvalue weighted by Crippen LogP contribution is -2.41. The van der Waals surface area contributed by atoms with E-state index in [2.05, 4.69) is 4.74 Å². The maximum atomic E-state index is 12.8. The SMILES string of the molecule is CN(C)S(=O)(=O)c1ccc(B2OC(C)(C)C(C)(C)O2)cc1OC(F)(F)F. The first kappa shape index (κ1) is 21.0. The fourth-order valence-corrected chi connectivity index (χ4v) is 3.25. The number of sulfonamides is 1. The lowest BCUT2D eigenvalue weighted by Gasteiger charge is -2.32. The average molecular weight is 395 g/mol. The molecule has 1 aliphatic heterocycles. The van der Waals surface area contributed by atoms with Gasteiger partial charge in [-0.3, -0.25) is 0 Å². The standard InChI is InChI=1S/C15H21BF3NO5S/c1-13(2)14(3,4)25-16(24-13)10-7-8-12(26(21,22)20(5)6)11(9-10)23-15(17,18)19/h7-9H,1-6H3. The van der Waals surface area contributed by atoms with Crippen molar-refractivity contribution in [2.45, 2.75) is 50.2 Å². The summed E-state index contributed by atoms with van der Waals surface area (Å²) in [5.41, 5.74) is -1.17. The Bertz CT molecular complexity index is 777. The minimum absolute atomic E-state index is 0.223. The number of halogens is 3. The third-order valence-corrected chi connectivity index (χ3v) is 6.33. The molecule has 0 N–H and O–H groups in total. The molecule has 26 heavy (non-hydrogen) atoms. The van der Waals surface area contributed by atoms with Gasteiger partial charge in [-0.1, -0.05) is 6.07 Å². The van der Waals surface area contributed by atoms with Crippen molar-refractivity contribution in [2.24, 2.45) is 0 Å². The summed E-state index contributed by atoms with van der Waals surface area (Å²) in [7, 11) is -2.66. The van der Waals surface area contributed by atoms with E-state index in [0.29, 0.717) is 0 Å². The highest BCUT2D eigenvalue weighted by Crippen LogP contribution is 2.37. The first-order valence-corrected chi connectivity index (χ1v) is 9.19. The van der Waals surface area contributed by atoms with Crippen LogP contribution in [0, 0.1) is 0 Å². The molecule has 0 saturated carbocycles. The monoisotopic (exact) mass is 395 g/mol. The van der Waals surface area contributed by atoms with Crippen LogP contribution < -0.4 is 10.2 Å². The second-order valence-electron chi connectivity index (χ2n) is 7.13. The van der Waals surface area contributed by atoms with E-state index in [-0.39, 0.29) is 5.46 Å². The van der Waals surface area contributed by atoms with Crippen molar-refractivity contribution in [3.8, 4) is 5.75 Å². The van der Waals surface area contributed by atoms with Gasteiger partial charge in [-0.2, -0.15) is 0 Å². The fourth-order valence-electron chi connectivity index (χ4n) is 2.26. The minimum atomic E-state index is -5.05. The Morgan fingerprint density at radius 3 is 2.00 bits per heavy atom. The van der Waals surface area contributed by atoms with E-state index < -0.39 is 45.4 Å². The van der Waals surface area contributed by atoms with Crippen molar-refractivity contribution < 1.29 is 35.6 Å². The van der Waals surface area contributed by atoms with E-state index in [9.17, 15) is 21.6 Å². The number of ether oxygens (including phenoxy) is 1.